The molecule has 0 aliphatic heterocycles. The first-order valence-corrected chi connectivity index (χ1v) is 7.97. The summed E-state index contributed by atoms with van der Waals surface area (Å²) in [7, 11) is -4.05. The van der Waals surface area contributed by atoms with E-state index in [1.54, 1.807) is 18.2 Å². The van der Waals surface area contributed by atoms with Gasteiger partial charge >= 0.3 is 5.69 Å². The van der Waals surface area contributed by atoms with Crippen molar-refractivity contribution in [1.29, 1.82) is 0 Å². The van der Waals surface area contributed by atoms with E-state index in [-0.39, 0.29) is 4.21 Å². The molecule has 9 heteroatoms. The molecular formula is C11H7ClN2O4S2. The van der Waals surface area contributed by atoms with Gasteiger partial charge in [-0.2, -0.15) is 12.4 Å². The van der Waals surface area contributed by atoms with Gasteiger partial charge in [0.2, 0.25) is 5.88 Å². The van der Waals surface area contributed by atoms with Crippen molar-refractivity contribution in [3.05, 3.63) is 46.0 Å². The maximum Gasteiger partial charge on any atom is 0.342 e. The highest BCUT2D eigenvalue weighted by molar-refractivity contribution is 7.92. The first-order valence-electron chi connectivity index (χ1n) is 5.34. The Hall–Kier alpha value is -1.77. The predicted molar refractivity (Wildman–Crippen MR) is 76.1 cm³/mol. The van der Waals surface area contributed by atoms with Crippen molar-refractivity contribution in [2.45, 2.75) is 4.21 Å². The molecule has 0 unspecified atom stereocenters. The minimum Gasteiger partial charge on any atom is -0.493 e. The minimum atomic E-state index is -4.05. The Morgan fingerprint density at radius 2 is 2.10 bits per heavy atom. The molecule has 20 heavy (non-hydrogen) atoms. The average Bonchev–Trinajstić information content (AvgIpc) is 2.94. The summed E-state index contributed by atoms with van der Waals surface area (Å²) in [6.45, 7) is 0. The summed E-state index contributed by atoms with van der Waals surface area (Å²) in [5.41, 5.74) is -0.925. The standard InChI is InChI=1S/C11H7ClN2O4S2/c12-7-2-1-3-8-6(7)4-10(19-8)20(17,18)14-5-9(15)13-11(14)16/h1-5,15H,(H,13,16). The van der Waals surface area contributed by atoms with Gasteiger partial charge in [0.05, 0.1) is 6.20 Å². The lowest BCUT2D eigenvalue weighted by Crippen LogP contribution is -2.23. The van der Waals surface area contributed by atoms with Crippen LogP contribution in [0.2, 0.25) is 5.02 Å². The highest BCUT2D eigenvalue weighted by Gasteiger charge is 2.23. The number of nitrogens with zero attached hydrogens (tertiary/aromatic N) is 1. The largest absolute Gasteiger partial charge is 0.493 e. The molecule has 0 saturated heterocycles. The van der Waals surface area contributed by atoms with Crippen LogP contribution >= 0.6 is 22.9 Å². The van der Waals surface area contributed by atoms with Crippen molar-refractivity contribution < 1.29 is 13.5 Å². The van der Waals surface area contributed by atoms with Crippen molar-refractivity contribution in [3.8, 4) is 5.88 Å². The quantitative estimate of drug-likeness (QED) is 0.751. The number of fused-ring (bicyclic) bond motifs is 1. The van der Waals surface area contributed by atoms with E-state index >= 15 is 0 Å². The van der Waals surface area contributed by atoms with Gasteiger partial charge in [-0.3, -0.25) is 4.98 Å². The summed E-state index contributed by atoms with van der Waals surface area (Å²) >= 11 is 7.00. The molecule has 0 atom stereocenters. The first kappa shape index (κ1) is 13.2. The molecule has 3 rings (SSSR count). The van der Waals surface area contributed by atoms with Crippen molar-refractivity contribution >= 4 is 43.0 Å². The number of benzene rings is 1. The SMILES string of the molecule is O=c1[nH]c(O)cn1S(=O)(=O)c1cc2c(Cl)cccc2s1. The number of H-pyrrole nitrogens is 1. The highest BCUT2D eigenvalue weighted by atomic mass is 35.5. The third kappa shape index (κ3) is 1.92. The van der Waals surface area contributed by atoms with E-state index in [0.717, 1.165) is 17.5 Å². The summed E-state index contributed by atoms with van der Waals surface area (Å²) in [5.74, 6) is -0.516. The van der Waals surface area contributed by atoms with Gasteiger partial charge in [0.25, 0.3) is 10.0 Å². The van der Waals surface area contributed by atoms with Crippen LogP contribution in [0.1, 0.15) is 0 Å². The zero-order chi connectivity index (χ0) is 14.5. The molecule has 0 saturated carbocycles. The monoisotopic (exact) mass is 330 g/mol. The summed E-state index contributed by atoms with van der Waals surface area (Å²) in [5, 5.41) is 10.2. The van der Waals surface area contributed by atoms with Crippen LogP contribution in [-0.4, -0.2) is 22.5 Å². The fourth-order valence-electron chi connectivity index (χ4n) is 1.77. The second-order valence-corrected chi connectivity index (χ2v) is 7.50. The molecule has 0 fully saturated rings. The number of nitrogens with one attached hydrogen (secondary N) is 1. The molecule has 0 spiro atoms. The van der Waals surface area contributed by atoms with Crippen LogP contribution in [0.4, 0.5) is 0 Å². The number of aromatic nitrogens is 2. The number of aromatic hydroxyl groups is 1. The normalized spacial score (nSPS) is 12.1. The Balaban J connectivity index is 2.27. The number of thiophene rings is 1. The molecule has 0 aliphatic rings. The Bertz CT molecular complexity index is 968. The van der Waals surface area contributed by atoms with E-state index in [9.17, 15) is 13.2 Å². The lowest BCUT2D eigenvalue weighted by Gasteiger charge is -1.99. The van der Waals surface area contributed by atoms with E-state index in [0.29, 0.717) is 19.1 Å². The van der Waals surface area contributed by atoms with Gasteiger partial charge in [-0.1, -0.05) is 17.7 Å². The van der Waals surface area contributed by atoms with Crippen LogP contribution in [0.5, 0.6) is 5.88 Å². The fourth-order valence-corrected chi connectivity index (χ4v) is 4.77. The van der Waals surface area contributed by atoms with Crippen LogP contribution in [0.15, 0.2) is 39.5 Å². The molecule has 3 aromatic rings. The van der Waals surface area contributed by atoms with Crippen LogP contribution in [0.3, 0.4) is 0 Å². The third-order valence-electron chi connectivity index (χ3n) is 2.67. The number of rotatable bonds is 2. The maximum atomic E-state index is 12.3. The summed E-state index contributed by atoms with van der Waals surface area (Å²) in [6.07, 6.45) is 0.823. The zero-order valence-corrected chi connectivity index (χ0v) is 12.1. The summed E-state index contributed by atoms with van der Waals surface area (Å²) in [6, 6.07) is 6.52. The van der Waals surface area contributed by atoms with E-state index in [1.165, 1.54) is 6.07 Å². The smallest absolute Gasteiger partial charge is 0.342 e. The van der Waals surface area contributed by atoms with Gasteiger partial charge in [0.15, 0.2) is 0 Å². The molecule has 6 nitrogen and oxygen atoms in total. The van der Waals surface area contributed by atoms with E-state index < -0.39 is 21.6 Å². The third-order valence-corrected chi connectivity index (χ3v) is 6.20. The van der Waals surface area contributed by atoms with Gasteiger partial charge in [0, 0.05) is 15.1 Å². The summed E-state index contributed by atoms with van der Waals surface area (Å²) < 4.78 is 25.8. The predicted octanol–water partition coefficient (Wildman–Crippen LogP) is 1.99. The topological polar surface area (TPSA) is 92.2 Å². The number of hydrogen-bond acceptors (Lipinski definition) is 5. The maximum absolute atomic E-state index is 12.3. The van der Waals surface area contributed by atoms with Gasteiger partial charge in [-0.25, -0.2) is 4.79 Å². The fraction of sp³-hybridized carbons (Fsp3) is 0. The Kier molecular flexibility index (Phi) is 2.89. The van der Waals surface area contributed by atoms with Crippen molar-refractivity contribution in [2.75, 3.05) is 0 Å². The van der Waals surface area contributed by atoms with Crippen molar-refractivity contribution in [2.24, 2.45) is 0 Å². The molecule has 104 valence electrons. The first-order chi connectivity index (χ1) is 9.39. The molecule has 2 heterocycles. The second-order valence-electron chi connectivity index (χ2n) is 3.96. The molecular weight excluding hydrogens is 324 g/mol. The average molecular weight is 331 g/mol. The van der Waals surface area contributed by atoms with Gasteiger partial charge < -0.3 is 5.11 Å². The molecule has 0 amide bonds. The number of halogens is 1. The lowest BCUT2D eigenvalue weighted by atomic mass is 10.3. The Labute approximate surface area is 121 Å². The van der Waals surface area contributed by atoms with Gasteiger partial charge in [0.1, 0.15) is 4.21 Å². The Morgan fingerprint density at radius 3 is 2.70 bits per heavy atom. The van der Waals surface area contributed by atoms with Gasteiger partial charge in [-0.05, 0) is 18.2 Å². The highest BCUT2D eigenvalue weighted by Crippen LogP contribution is 2.34. The minimum absolute atomic E-state index is 0.0262. The molecule has 0 radical (unpaired) electrons. The van der Waals surface area contributed by atoms with Crippen molar-refractivity contribution in [1.82, 2.24) is 8.96 Å². The molecule has 0 bridgehead atoms. The Morgan fingerprint density at radius 1 is 1.35 bits per heavy atom. The lowest BCUT2D eigenvalue weighted by molar-refractivity contribution is 0.455. The van der Waals surface area contributed by atoms with Crippen LogP contribution in [-0.2, 0) is 10.0 Å². The number of aromatic amines is 1. The van der Waals surface area contributed by atoms with E-state index in [4.69, 9.17) is 16.7 Å². The zero-order valence-electron chi connectivity index (χ0n) is 9.70. The molecule has 2 N–H and O–H groups in total. The van der Waals surface area contributed by atoms with Crippen molar-refractivity contribution in [3.63, 3.8) is 0 Å². The van der Waals surface area contributed by atoms with E-state index in [1.807, 2.05) is 4.98 Å². The van der Waals surface area contributed by atoms with E-state index in [2.05, 4.69) is 0 Å². The number of hydrogen-bond donors (Lipinski definition) is 2. The molecule has 0 aliphatic carbocycles. The van der Waals surface area contributed by atoms with Crippen LogP contribution in [0, 0.1) is 0 Å². The van der Waals surface area contributed by atoms with Gasteiger partial charge in [-0.15, -0.1) is 11.3 Å². The van der Waals surface area contributed by atoms with Crippen LogP contribution in [0.25, 0.3) is 10.1 Å². The molecule has 1 aromatic carbocycles. The second kappa shape index (κ2) is 4.37. The molecule has 2 aromatic heterocycles. The summed E-state index contributed by atoms with van der Waals surface area (Å²) in [4.78, 5) is 13.5. The number of imidazole rings is 1. The van der Waals surface area contributed by atoms with Crippen LogP contribution < -0.4 is 5.69 Å².